The first-order valence-corrected chi connectivity index (χ1v) is 6.84. The topological polar surface area (TPSA) is 88.4 Å². The highest BCUT2D eigenvalue weighted by atomic mass is 79.9. The zero-order valence-corrected chi connectivity index (χ0v) is 12.1. The molecule has 0 fully saturated rings. The van der Waals surface area contributed by atoms with Crippen molar-refractivity contribution >= 4 is 27.8 Å². The number of rotatable bonds is 4. The molecule has 0 aromatic carbocycles. The number of nitrogens with one attached hydrogen (secondary N) is 1. The molecule has 0 unspecified atom stereocenters. The lowest BCUT2D eigenvalue weighted by atomic mass is 10.2. The third-order valence-electron chi connectivity index (χ3n) is 2.95. The number of carbonyl (C=O) groups excluding carboxylic acids is 1. The maximum Gasteiger partial charge on any atom is 0.323 e. The number of nitrogens with zero attached hydrogens (tertiary/aromatic N) is 1. The molecule has 20 heavy (non-hydrogen) atoms. The van der Waals surface area contributed by atoms with Crippen LogP contribution in [0.3, 0.4) is 0 Å². The Balaban J connectivity index is 2.26. The number of hydrogen-bond donors (Lipinski definition) is 2. The fourth-order valence-electron chi connectivity index (χ4n) is 2.02. The summed E-state index contributed by atoms with van der Waals surface area (Å²) in [5, 5.41) is 11.5. The number of halogens is 1. The summed E-state index contributed by atoms with van der Waals surface area (Å²) in [5.74, 6) is -1.62. The molecule has 0 radical (unpaired) electrons. The second-order valence-electron chi connectivity index (χ2n) is 4.51. The van der Waals surface area contributed by atoms with Gasteiger partial charge >= 0.3 is 5.97 Å². The van der Waals surface area contributed by atoms with Gasteiger partial charge in [-0.1, -0.05) is 12.2 Å². The van der Waals surface area contributed by atoms with Crippen LogP contribution in [-0.2, 0) is 11.3 Å². The molecular formula is C13H13BrN2O4. The van der Waals surface area contributed by atoms with E-state index in [0.717, 1.165) is 17.4 Å². The van der Waals surface area contributed by atoms with Crippen molar-refractivity contribution in [2.24, 2.45) is 0 Å². The summed E-state index contributed by atoms with van der Waals surface area (Å²) in [6.07, 6.45) is 6.76. The van der Waals surface area contributed by atoms with Gasteiger partial charge < -0.3 is 15.0 Å². The largest absolute Gasteiger partial charge is 0.480 e. The number of aromatic nitrogens is 1. The summed E-state index contributed by atoms with van der Waals surface area (Å²) < 4.78 is 1.47. The number of pyridine rings is 1. The van der Waals surface area contributed by atoms with E-state index in [1.165, 1.54) is 12.3 Å². The summed E-state index contributed by atoms with van der Waals surface area (Å²) in [6, 6.07) is 1.40. The van der Waals surface area contributed by atoms with Gasteiger partial charge in [0.1, 0.15) is 12.1 Å². The van der Waals surface area contributed by atoms with Crippen molar-refractivity contribution in [2.45, 2.75) is 25.4 Å². The lowest BCUT2D eigenvalue weighted by molar-refractivity contribution is -0.137. The van der Waals surface area contributed by atoms with Crippen LogP contribution < -0.4 is 10.9 Å². The minimum atomic E-state index is -1.14. The Morgan fingerprint density at radius 2 is 2.05 bits per heavy atom. The molecular weight excluding hydrogens is 328 g/mol. The zero-order chi connectivity index (χ0) is 14.7. The third kappa shape index (κ3) is 3.36. The van der Waals surface area contributed by atoms with Crippen molar-refractivity contribution in [3.63, 3.8) is 0 Å². The molecule has 0 atom stereocenters. The smallest absolute Gasteiger partial charge is 0.323 e. The van der Waals surface area contributed by atoms with Crippen LogP contribution in [0.15, 0.2) is 33.7 Å². The van der Waals surface area contributed by atoms with Gasteiger partial charge in [0.05, 0.1) is 0 Å². The predicted octanol–water partition coefficient (Wildman–Crippen LogP) is 1.14. The molecule has 0 spiro atoms. The molecule has 1 heterocycles. The van der Waals surface area contributed by atoms with E-state index >= 15 is 0 Å². The Labute approximate surface area is 123 Å². The van der Waals surface area contributed by atoms with Gasteiger partial charge in [-0.2, -0.15) is 0 Å². The van der Waals surface area contributed by atoms with Crippen molar-refractivity contribution in [3.8, 4) is 0 Å². The summed E-state index contributed by atoms with van der Waals surface area (Å²) in [4.78, 5) is 34.9. The number of amides is 1. The summed E-state index contributed by atoms with van der Waals surface area (Å²) in [5.41, 5.74) is -0.674. The Bertz CT molecular complexity index is 628. The Morgan fingerprint density at radius 1 is 1.40 bits per heavy atom. The van der Waals surface area contributed by atoms with E-state index in [0.29, 0.717) is 4.47 Å². The summed E-state index contributed by atoms with van der Waals surface area (Å²) >= 11 is 3.17. The predicted molar refractivity (Wildman–Crippen MR) is 75.7 cm³/mol. The highest BCUT2D eigenvalue weighted by Gasteiger charge is 2.19. The number of aliphatic carboxylic acids is 1. The highest BCUT2D eigenvalue weighted by molar-refractivity contribution is 9.10. The van der Waals surface area contributed by atoms with E-state index in [9.17, 15) is 14.4 Å². The van der Waals surface area contributed by atoms with Crippen molar-refractivity contribution in [2.75, 3.05) is 0 Å². The summed E-state index contributed by atoms with van der Waals surface area (Å²) in [7, 11) is 0. The van der Waals surface area contributed by atoms with E-state index < -0.39 is 24.0 Å². The summed E-state index contributed by atoms with van der Waals surface area (Å²) in [6.45, 7) is -0.483. The van der Waals surface area contributed by atoms with Crippen molar-refractivity contribution in [3.05, 3.63) is 44.8 Å². The zero-order valence-electron chi connectivity index (χ0n) is 10.5. The lowest BCUT2D eigenvalue weighted by Gasteiger charge is -2.13. The number of carbonyl (C=O) groups is 2. The third-order valence-corrected chi connectivity index (χ3v) is 3.38. The molecule has 106 valence electrons. The normalized spacial score (nSPS) is 14.4. The van der Waals surface area contributed by atoms with Crippen LogP contribution in [0.4, 0.5) is 0 Å². The lowest BCUT2D eigenvalue weighted by Crippen LogP contribution is -2.38. The van der Waals surface area contributed by atoms with E-state index in [1.54, 1.807) is 0 Å². The molecule has 0 bridgehead atoms. The molecule has 2 N–H and O–H groups in total. The van der Waals surface area contributed by atoms with Crippen molar-refractivity contribution in [1.29, 1.82) is 0 Å². The molecule has 6 nitrogen and oxygen atoms in total. The van der Waals surface area contributed by atoms with Gasteiger partial charge in [0.25, 0.3) is 11.5 Å². The fourth-order valence-corrected chi connectivity index (χ4v) is 2.50. The molecule has 0 aliphatic heterocycles. The standard InChI is InChI=1S/C13H13BrN2O4/c14-8-5-10(12(19)15-9-3-1-2-4-9)13(20)16(6-8)7-11(17)18/h1-2,5-6,9H,3-4,7H2,(H,15,19)(H,17,18). The van der Waals surface area contributed by atoms with Gasteiger partial charge in [0.15, 0.2) is 0 Å². The van der Waals surface area contributed by atoms with E-state index in [4.69, 9.17) is 5.11 Å². The fraction of sp³-hybridized carbons (Fsp3) is 0.308. The second-order valence-corrected chi connectivity index (χ2v) is 5.43. The first kappa shape index (κ1) is 14.5. The van der Waals surface area contributed by atoms with Crippen LogP contribution in [0.25, 0.3) is 0 Å². The minimum absolute atomic E-state index is 0.00574. The SMILES string of the molecule is O=C(O)Cn1cc(Br)cc(C(=O)NC2CC=CC2)c1=O. The first-order chi connectivity index (χ1) is 9.47. The van der Waals surface area contributed by atoms with Gasteiger partial charge in [0.2, 0.25) is 0 Å². The van der Waals surface area contributed by atoms with Crippen LogP contribution in [0.5, 0.6) is 0 Å². The van der Waals surface area contributed by atoms with E-state index in [-0.39, 0.29) is 11.6 Å². The van der Waals surface area contributed by atoms with Crippen LogP contribution in [0.1, 0.15) is 23.2 Å². The molecule has 1 aromatic heterocycles. The quantitative estimate of drug-likeness (QED) is 0.804. The van der Waals surface area contributed by atoms with Crippen LogP contribution in [-0.4, -0.2) is 27.6 Å². The average Bonchev–Trinajstić information content (AvgIpc) is 2.85. The van der Waals surface area contributed by atoms with Gasteiger partial charge in [-0.15, -0.1) is 0 Å². The van der Waals surface area contributed by atoms with Gasteiger partial charge in [-0.25, -0.2) is 0 Å². The highest BCUT2D eigenvalue weighted by Crippen LogP contribution is 2.12. The van der Waals surface area contributed by atoms with E-state index in [2.05, 4.69) is 21.2 Å². The molecule has 1 aliphatic rings. The Morgan fingerprint density at radius 3 is 2.65 bits per heavy atom. The molecule has 2 rings (SSSR count). The van der Waals surface area contributed by atoms with Crippen LogP contribution in [0.2, 0.25) is 0 Å². The Kier molecular flexibility index (Phi) is 4.39. The number of carboxylic acid groups (broad SMARTS) is 1. The van der Waals surface area contributed by atoms with Crippen molar-refractivity contribution in [1.82, 2.24) is 9.88 Å². The molecule has 1 aromatic rings. The average molecular weight is 341 g/mol. The molecule has 0 saturated carbocycles. The Hall–Kier alpha value is -1.89. The maximum atomic E-state index is 12.1. The molecule has 0 saturated heterocycles. The van der Waals surface area contributed by atoms with Crippen LogP contribution >= 0.6 is 15.9 Å². The molecule has 1 amide bonds. The minimum Gasteiger partial charge on any atom is -0.480 e. The maximum absolute atomic E-state index is 12.1. The molecule has 1 aliphatic carbocycles. The number of carboxylic acids is 1. The van der Waals surface area contributed by atoms with Gasteiger partial charge in [-0.05, 0) is 34.8 Å². The van der Waals surface area contributed by atoms with Gasteiger partial charge in [-0.3, -0.25) is 14.4 Å². The number of hydrogen-bond acceptors (Lipinski definition) is 3. The van der Waals surface area contributed by atoms with Crippen molar-refractivity contribution < 1.29 is 14.7 Å². The van der Waals surface area contributed by atoms with Gasteiger partial charge in [0, 0.05) is 16.7 Å². The molecule has 7 heteroatoms. The second kappa shape index (κ2) is 6.04. The first-order valence-electron chi connectivity index (χ1n) is 6.05. The van der Waals surface area contributed by atoms with E-state index in [1.807, 2.05) is 12.2 Å². The monoisotopic (exact) mass is 340 g/mol. The van der Waals surface area contributed by atoms with Crippen LogP contribution in [0, 0.1) is 0 Å².